The molecule has 3 N–H and O–H groups in total. The van der Waals surface area contributed by atoms with Crippen LogP contribution in [0.4, 0.5) is 5.82 Å². The van der Waals surface area contributed by atoms with Crippen molar-refractivity contribution in [3.8, 4) is 0 Å². The lowest BCUT2D eigenvalue weighted by atomic mass is 9.82. The van der Waals surface area contributed by atoms with Crippen LogP contribution in [0.5, 0.6) is 0 Å². The zero-order chi connectivity index (χ0) is 14.5. The van der Waals surface area contributed by atoms with E-state index in [2.05, 4.69) is 15.3 Å². The number of aryl methyl sites for hydroxylation is 1. The monoisotopic (exact) mass is 279 g/mol. The van der Waals surface area contributed by atoms with Crippen LogP contribution >= 0.6 is 0 Å². The van der Waals surface area contributed by atoms with Gasteiger partial charge in [0.2, 0.25) is 0 Å². The molecule has 0 spiro atoms. The van der Waals surface area contributed by atoms with E-state index in [0.717, 1.165) is 32.2 Å². The van der Waals surface area contributed by atoms with Crippen LogP contribution in [0.15, 0.2) is 10.9 Å². The van der Waals surface area contributed by atoms with Crippen LogP contribution < -0.4 is 10.9 Å². The molecule has 110 valence electrons. The van der Waals surface area contributed by atoms with E-state index in [0.29, 0.717) is 24.0 Å². The summed E-state index contributed by atoms with van der Waals surface area (Å²) in [6.45, 7) is 2.68. The molecular weight excluding hydrogens is 258 g/mol. The third-order valence-electron chi connectivity index (χ3n) is 3.89. The number of rotatable bonds is 5. The number of aliphatic carboxylic acids is 1. The second-order valence-electron chi connectivity index (χ2n) is 5.37. The SMILES string of the molecule is CCc1nc(NCC2CCC(C(=O)O)CC2)cc(=O)[nH]1. The van der Waals surface area contributed by atoms with Crippen molar-refractivity contribution in [3.05, 3.63) is 22.2 Å². The van der Waals surface area contributed by atoms with Crippen molar-refractivity contribution < 1.29 is 9.90 Å². The number of anilines is 1. The fourth-order valence-corrected chi connectivity index (χ4v) is 2.63. The molecule has 6 heteroatoms. The normalized spacial score (nSPS) is 22.4. The predicted molar refractivity (Wildman–Crippen MR) is 75.8 cm³/mol. The first kappa shape index (κ1) is 14.6. The maximum absolute atomic E-state index is 11.4. The molecule has 0 bridgehead atoms. The van der Waals surface area contributed by atoms with Crippen LogP contribution in [-0.2, 0) is 11.2 Å². The van der Waals surface area contributed by atoms with Gasteiger partial charge in [-0.25, -0.2) is 4.98 Å². The number of nitrogens with one attached hydrogen (secondary N) is 2. The second kappa shape index (κ2) is 6.54. The number of aromatic nitrogens is 2. The zero-order valence-electron chi connectivity index (χ0n) is 11.7. The number of H-pyrrole nitrogens is 1. The molecule has 0 atom stereocenters. The first-order valence-corrected chi connectivity index (χ1v) is 7.15. The minimum absolute atomic E-state index is 0.145. The molecule has 0 saturated heterocycles. The molecule has 1 fully saturated rings. The van der Waals surface area contributed by atoms with E-state index in [4.69, 9.17) is 5.11 Å². The van der Waals surface area contributed by atoms with Gasteiger partial charge in [0, 0.05) is 19.0 Å². The Morgan fingerprint density at radius 2 is 2.15 bits per heavy atom. The average Bonchev–Trinajstić information content (AvgIpc) is 2.45. The zero-order valence-corrected chi connectivity index (χ0v) is 11.7. The van der Waals surface area contributed by atoms with Crippen molar-refractivity contribution in [1.29, 1.82) is 0 Å². The van der Waals surface area contributed by atoms with Gasteiger partial charge >= 0.3 is 5.97 Å². The molecule has 0 aromatic carbocycles. The molecular formula is C14H21N3O3. The first-order valence-electron chi connectivity index (χ1n) is 7.15. The topological polar surface area (TPSA) is 95.1 Å². The summed E-state index contributed by atoms with van der Waals surface area (Å²) in [5.74, 6) is 0.869. The summed E-state index contributed by atoms with van der Waals surface area (Å²) in [6, 6.07) is 1.46. The van der Waals surface area contributed by atoms with Crippen molar-refractivity contribution in [2.24, 2.45) is 11.8 Å². The number of hydrogen-bond donors (Lipinski definition) is 3. The van der Waals surface area contributed by atoms with E-state index in [1.807, 2.05) is 6.92 Å². The maximum atomic E-state index is 11.4. The molecule has 20 heavy (non-hydrogen) atoms. The number of carboxylic acids is 1. The highest BCUT2D eigenvalue weighted by molar-refractivity contribution is 5.69. The number of hydrogen-bond acceptors (Lipinski definition) is 4. The van der Waals surface area contributed by atoms with Crippen molar-refractivity contribution in [1.82, 2.24) is 9.97 Å². The van der Waals surface area contributed by atoms with Crippen LogP contribution in [0.1, 0.15) is 38.4 Å². The molecule has 2 rings (SSSR count). The summed E-state index contributed by atoms with van der Waals surface area (Å²) < 4.78 is 0. The molecule has 1 aromatic rings. The highest BCUT2D eigenvalue weighted by Gasteiger charge is 2.25. The van der Waals surface area contributed by atoms with E-state index >= 15 is 0 Å². The van der Waals surface area contributed by atoms with Gasteiger partial charge in [0.15, 0.2) is 0 Å². The van der Waals surface area contributed by atoms with Crippen molar-refractivity contribution >= 4 is 11.8 Å². The van der Waals surface area contributed by atoms with Gasteiger partial charge in [-0.3, -0.25) is 9.59 Å². The summed E-state index contributed by atoms with van der Waals surface area (Å²) >= 11 is 0. The van der Waals surface area contributed by atoms with Crippen LogP contribution in [0.3, 0.4) is 0 Å². The molecule has 1 heterocycles. The quantitative estimate of drug-likeness (QED) is 0.761. The van der Waals surface area contributed by atoms with Gasteiger partial charge in [0.05, 0.1) is 5.92 Å². The minimum atomic E-state index is -0.680. The molecule has 1 aliphatic rings. The van der Waals surface area contributed by atoms with Crippen LogP contribution in [0.2, 0.25) is 0 Å². The summed E-state index contributed by atoms with van der Waals surface area (Å²) in [6.07, 6.45) is 3.99. The van der Waals surface area contributed by atoms with Crippen LogP contribution in [0.25, 0.3) is 0 Å². The Hall–Kier alpha value is -1.85. The van der Waals surface area contributed by atoms with Gasteiger partial charge < -0.3 is 15.4 Å². The highest BCUT2D eigenvalue weighted by Crippen LogP contribution is 2.28. The molecule has 1 aliphatic carbocycles. The molecule has 0 radical (unpaired) electrons. The van der Waals surface area contributed by atoms with Crippen LogP contribution in [-0.4, -0.2) is 27.6 Å². The summed E-state index contributed by atoms with van der Waals surface area (Å²) in [5.41, 5.74) is -0.145. The van der Waals surface area contributed by atoms with Gasteiger partial charge in [-0.1, -0.05) is 6.92 Å². The van der Waals surface area contributed by atoms with Crippen molar-refractivity contribution in [2.45, 2.75) is 39.0 Å². The van der Waals surface area contributed by atoms with E-state index in [-0.39, 0.29) is 11.5 Å². The van der Waals surface area contributed by atoms with Crippen LogP contribution in [0, 0.1) is 11.8 Å². The molecule has 6 nitrogen and oxygen atoms in total. The fraction of sp³-hybridized carbons (Fsp3) is 0.643. The first-order chi connectivity index (χ1) is 9.58. The Morgan fingerprint density at radius 1 is 1.45 bits per heavy atom. The summed E-state index contributed by atoms with van der Waals surface area (Å²) in [7, 11) is 0. The van der Waals surface area contributed by atoms with Gasteiger partial charge in [-0.05, 0) is 31.6 Å². The Labute approximate surface area is 117 Å². The average molecular weight is 279 g/mol. The van der Waals surface area contributed by atoms with Gasteiger partial charge in [-0.2, -0.15) is 0 Å². The Balaban J connectivity index is 1.86. The van der Waals surface area contributed by atoms with E-state index in [1.165, 1.54) is 6.07 Å². The van der Waals surface area contributed by atoms with E-state index in [1.54, 1.807) is 0 Å². The van der Waals surface area contributed by atoms with Gasteiger partial charge in [0.25, 0.3) is 5.56 Å². The third-order valence-corrected chi connectivity index (χ3v) is 3.89. The maximum Gasteiger partial charge on any atom is 0.306 e. The largest absolute Gasteiger partial charge is 0.481 e. The number of carbonyl (C=O) groups is 1. The summed E-state index contributed by atoms with van der Waals surface area (Å²) in [4.78, 5) is 29.3. The summed E-state index contributed by atoms with van der Waals surface area (Å²) in [5, 5.41) is 12.2. The smallest absolute Gasteiger partial charge is 0.306 e. The van der Waals surface area contributed by atoms with E-state index < -0.39 is 5.97 Å². The molecule has 1 aromatic heterocycles. The van der Waals surface area contributed by atoms with Gasteiger partial charge in [-0.15, -0.1) is 0 Å². The lowest BCUT2D eigenvalue weighted by Crippen LogP contribution is -2.26. The molecule has 0 amide bonds. The molecule has 0 unspecified atom stereocenters. The van der Waals surface area contributed by atoms with E-state index in [9.17, 15) is 9.59 Å². The second-order valence-corrected chi connectivity index (χ2v) is 5.37. The molecule has 0 aliphatic heterocycles. The lowest BCUT2D eigenvalue weighted by molar-refractivity contribution is -0.143. The van der Waals surface area contributed by atoms with Crippen molar-refractivity contribution in [2.75, 3.05) is 11.9 Å². The lowest BCUT2D eigenvalue weighted by Gasteiger charge is -2.26. The predicted octanol–water partition coefficient (Wildman–Crippen LogP) is 1.64. The standard InChI is InChI=1S/C14H21N3O3/c1-2-11-16-12(7-13(18)17-11)15-8-9-3-5-10(6-4-9)14(19)20/h7,9-10H,2-6,8H2,1H3,(H,19,20)(H2,15,16,17,18). The number of carboxylic acid groups (broad SMARTS) is 1. The fourth-order valence-electron chi connectivity index (χ4n) is 2.63. The minimum Gasteiger partial charge on any atom is -0.481 e. The Morgan fingerprint density at radius 3 is 2.75 bits per heavy atom. The Bertz CT molecular complexity index is 519. The third kappa shape index (κ3) is 3.82. The molecule has 1 saturated carbocycles. The van der Waals surface area contributed by atoms with Gasteiger partial charge in [0.1, 0.15) is 11.6 Å². The highest BCUT2D eigenvalue weighted by atomic mass is 16.4. The van der Waals surface area contributed by atoms with Crippen molar-refractivity contribution in [3.63, 3.8) is 0 Å². The number of aromatic amines is 1. The number of nitrogens with zero attached hydrogens (tertiary/aromatic N) is 1. The Kier molecular flexibility index (Phi) is 4.76.